The molecule has 0 radical (unpaired) electrons. The van der Waals surface area contributed by atoms with Crippen LogP contribution in [0.25, 0.3) is 22.3 Å². The van der Waals surface area contributed by atoms with Crippen LogP contribution < -0.4 is 16.9 Å². The summed E-state index contributed by atoms with van der Waals surface area (Å²) in [6, 6.07) is 38.3. The molecule has 0 saturated carbocycles. The Labute approximate surface area is 461 Å². The van der Waals surface area contributed by atoms with Gasteiger partial charge in [0.1, 0.15) is 6.04 Å². The largest absolute Gasteiger partial charge is 0.479 e. The smallest absolute Gasteiger partial charge is 0.331 e. The van der Waals surface area contributed by atoms with E-state index in [0.29, 0.717) is 11.1 Å². The van der Waals surface area contributed by atoms with Crippen molar-refractivity contribution in [3.63, 3.8) is 0 Å². The van der Waals surface area contributed by atoms with Gasteiger partial charge in [-0.1, -0.05) is 109 Å². The molecular formula is C63H66ClN5O9. The van der Waals surface area contributed by atoms with Gasteiger partial charge in [0, 0.05) is 78.8 Å². The molecule has 4 aromatic carbocycles. The number of nitrogens with zero attached hydrogens (tertiary/aromatic N) is 4. The molecule has 404 valence electrons. The molecular weight excluding hydrogens is 1010 g/mol. The number of ether oxygens (including phenoxy) is 2. The number of carbonyl (C=O) groups excluding carboxylic acids is 3. The highest BCUT2D eigenvalue weighted by Gasteiger charge is 2.29. The molecule has 3 N–H and O–H groups in total. The number of carboxylic acids is 1. The van der Waals surface area contributed by atoms with Gasteiger partial charge in [-0.2, -0.15) is 0 Å². The lowest BCUT2D eigenvalue weighted by molar-refractivity contribution is -0.142. The summed E-state index contributed by atoms with van der Waals surface area (Å²) in [5.74, 6) is -2.42. The summed E-state index contributed by atoms with van der Waals surface area (Å²) in [4.78, 5) is 82.6. The molecule has 0 saturated heterocycles. The van der Waals surface area contributed by atoms with E-state index < -0.39 is 36.0 Å². The summed E-state index contributed by atoms with van der Waals surface area (Å²) in [7, 11) is 2.70. The Morgan fingerprint density at radius 2 is 0.923 bits per heavy atom. The van der Waals surface area contributed by atoms with Crippen molar-refractivity contribution < 1.29 is 33.8 Å². The second-order valence-corrected chi connectivity index (χ2v) is 19.0. The van der Waals surface area contributed by atoms with Crippen molar-refractivity contribution in [2.45, 2.75) is 84.8 Å². The number of halogens is 1. The Morgan fingerprint density at radius 1 is 0.513 bits per heavy atom. The van der Waals surface area contributed by atoms with Gasteiger partial charge in [-0.15, -0.1) is 12.4 Å². The van der Waals surface area contributed by atoms with E-state index in [0.717, 1.165) is 55.6 Å². The highest BCUT2D eigenvalue weighted by atomic mass is 35.5. The number of Topliss-reactive ketones (excluding diaryl/α,β-unsaturated/α-hetero) is 1. The van der Waals surface area contributed by atoms with Crippen LogP contribution in [0.15, 0.2) is 180 Å². The van der Waals surface area contributed by atoms with Crippen molar-refractivity contribution in [1.29, 1.82) is 0 Å². The lowest BCUT2D eigenvalue weighted by Crippen LogP contribution is -2.31. The van der Waals surface area contributed by atoms with Crippen LogP contribution in [0.2, 0.25) is 0 Å². The van der Waals surface area contributed by atoms with Crippen LogP contribution in [0.4, 0.5) is 0 Å². The lowest BCUT2D eigenvalue weighted by Gasteiger charge is -2.23. The number of nitrogens with two attached hydrogens (primary N) is 1. The molecule has 4 heterocycles. The van der Waals surface area contributed by atoms with Crippen LogP contribution in [-0.4, -0.2) is 62.1 Å². The molecule has 0 amide bonds. The number of hydrogen-bond donors (Lipinski definition) is 2. The number of aromatic nitrogens is 4. The Hall–Kier alpha value is -8.59. The van der Waals surface area contributed by atoms with E-state index in [1.807, 2.05) is 74.6 Å². The minimum atomic E-state index is -1.05. The fourth-order valence-electron chi connectivity index (χ4n) is 9.31. The van der Waals surface area contributed by atoms with Crippen LogP contribution in [0, 0.1) is 41.5 Å². The first-order valence-electron chi connectivity index (χ1n) is 25.1. The Bertz CT molecular complexity index is 3430. The number of aliphatic carboxylic acids is 1. The van der Waals surface area contributed by atoms with Crippen LogP contribution in [0.3, 0.4) is 0 Å². The molecule has 4 aromatic heterocycles. The maximum atomic E-state index is 14.0. The van der Waals surface area contributed by atoms with Crippen LogP contribution in [0.1, 0.15) is 98.9 Å². The summed E-state index contributed by atoms with van der Waals surface area (Å²) in [6.07, 6.45) is 10.5. The van der Waals surface area contributed by atoms with E-state index in [1.165, 1.54) is 46.6 Å². The van der Waals surface area contributed by atoms with Crippen molar-refractivity contribution in [2.24, 2.45) is 5.73 Å². The van der Waals surface area contributed by atoms with Gasteiger partial charge < -0.3 is 24.9 Å². The second-order valence-electron chi connectivity index (χ2n) is 19.0. The first kappa shape index (κ1) is 60.3. The number of ketones is 1. The number of esters is 2. The normalized spacial score (nSPS) is 12.1. The monoisotopic (exact) mass is 1070 g/mol. The lowest BCUT2D eigenvalue weighted by atomic mass is 9.86. The molecule has 14 nitrogen and oxygen atoms in total. The van der Waals surface area contributed by atoms with E-state index in [4.69, 9.17) is 10.5 Å². The molecule has 4 atom stereocenters. The minimum Gasteiger partial charge on any atom is -0.479 e. The number of hydrogen-bond acceptors (Lipinski definition) is 11. The fourth-order valence-corrected chi connectivity index (χ4v) is 9.31. The minimum absolute atomic E-state index is 0. The molecule has 0 spiro atoms. The average molecular weight is 1070 g/mol. The van der Waals surface area contributed by atoms with E-state index in [-0.39, 0.29) is 54.5 Å². The number of benzene rings is 4. The van der Waals surface area contributed by atoms with Crippen molar-refractivity contribution in [1.82, 2.24) is 19.1 Å². The number of aryl methyl sites for hydroxylation is 6. The maximum absolute atomic E-state index is 14.0. The van der Waals surface area contributed by atoms with Gasteiger partial charge in [0.25, 0.3) is 11.1 Å². The van der Waals surface area contributed by atoms with Crippen LogP contribution in [-0.2, 0) is 28.7 Å². The van der Waals surface area contributed by atoms with Gasteiger partial charge in [-0.25, -0.2) is 4.79 Å². The zero-order valence-corrected chi connectivity index (χ0v) is 45.9. The highest BCUT2D eigenvalue weighted by molar-refractivity contribution is 5.87. The van der Waals surface area contributed by atoms with E-state index in [9.17, 15) is 33.9 Å². The van der Waals surface area contributed by atoms with Gasteiger partial charge in [-0.05, 0) is 120 Å². The summed E-state index contributed by atoms with van der Waals surface area (Å²) in [6.45, 7) is 11.9. The molecule has 0 aliphatic carbocycles. The van der Waals surface area contributed by atoms with E-state index in [2.05, 4.69) is 66.7 Å². The standard InChI is InChI=1S/C32H32N2O4.C17H20N2O2.C14H13NO3.ClH/c1-21-13-14-29(36)34(20-21)32(24-11-6-5-7-12-24)28(35)16-25(17-30(37)38-4)26-15-27(19-33-18-26)31-22(2)9-8-10-23(31)3;1-11-5-4-6-12(2)17(11)14-7-13(9-19-10-14)15(18)8-16(20)21-3;1-10-7-8-12(16)15(9-10)13(14(17)18)11-5-3-2-4-6-11;/h5-15,18-20,25,32H,16-17H2,1-4H3;4-7,9-10,15H,8,18H2,1-3H3;2-9,13H,1H3,(H,17,18);1H/t25-,32?;15-;;/m00../s1. The Balaban J connectivity index is 0.000000236. The van der Waals surface area contributed by atoms with Crippen molar-refractivity contribution in [3.05, 3.63) is 247 Å². The molecule has 8 aromatic rings. The molecule has 78 heavy (non-hydrogen) atoms. The first-order valence-corrected chi connectivity index (χ1v) is 25.1. The summed E-state index contributed by atoms with van der Waals surface area (Å²) >= 11 is 0. The molecule has 0 aliphatic heterocycles. The van der Waals surface area contributed by atoms with E-state index in [1.54, 1.807) is 73.4 Å². The van der Waals surface area contributed by atoms with Crippen LogP contribution >= 0.6 is 12.4 Å². The third-order valence-electron chi connectivity index (χ3n) is 13.2. The second kappa shape index (κ2) is 28.5. The third kappa shape index (κ3) is 15.7. The van der Waals surface area contributed by atoms with Gasteiger partial charge in [-0.3, -0.25) is 38.5 Å². The molecule has 15 heteroatoms. The van der Waals surface area contributed by atoms with Gasteiger partial charge >= 0.3 is 17.9 Å². The molecule has 0 bridgehead atoms. The Morgan fingerprint density at radius 3 is 1.37 bits per heavy atom. The molecule has 0 fully saturated rings. The zero-order valence-electron chi connectivity index (χ0n) is 45.1. The number of methoxy groups -OCH3 is 2. The van der Waals surface area contributed by atoms with Crippen molar-refractivity contribution >= 4 is 36.1 Å². The van der Waals surface area contributed by atoms with Crippen LogP contribution in [0.5, 0.6) is 0 Å². The average Bonchev–Trinajstić information content (AvgIpc) is 3.45. The highest BCUT2D eigenvalue weighted by Crippen LogP contribution is 2.34. The molecule has 2 unspecified atom stereocenters. The first-order chi connectivity index (χ1) is 36.9. The van der Waals surface area contributed by atoms with E-state index >= 15 is 0 Å². The topological polar surface area (TPSA) is 203 Å². The summed E-state index contributed by atoms with van der Waals surface area (Å²) < 4.78 is 12.4. The fraction of sp³-hybridized carbons (Fsp3) is 0.238. The maximum Gasteiger partial charge on any atom is 0.331 e. The summed E-state index contributed by atoms with van der Waals surface area (Å²) in [5.41, 5.74) is 18.9. The number of carbonyl (C=O) groups is 4. The van der Waals surface area contributed by atoms with Crippen molar-refractivity contribution in [2.75, 3.05) is 14.2 Å². The van der Waals surface area contributed by atoms with Gasteiger partial charge in [0.2, 0.25) is 0 Å². The van der Waals surface area contributed by atoms with Gasteiger partial charge in [0.15, 0.2) is 11.8 Å². The molecule has 8 rings (SSSR count). The summed E-state index contributed by atoms with van der Waals surface area (Å²) in [5, 5.41) is 9.34. The predicted octanol–water partition coefficient (Wildman–Crippen LogP) is 10.9. The third-order valence-corrected chi connectivity index (χ3v) is 13.2. The number of carboxylic acid groups (broad SMARTS) is 1. The predicted molar refractivity (Wildman–Crippen MR) is 306 cm³/mol. The van der Waals surface area contributed by atoms with Crippen molar-refractivity contribution in [3.8, 4) is 22.3 Å². The molecule has 0 aliphatic rings. The zero-order chi connectivity index (χ0) is 55.8. The number of rotatable bonds is 16. The quantitative estimate of drug-likeness (QED) is 0.0868. The Kier molecular flexibility index (Phi) is 22.0. The SMILES string of the molecule is COC(=O)C[C@H](CC(=O)C(c1ccccc1)n1cc(C)ccc1=O)c1cncc(-c2c(C)cccc2C)c1.COC(=O)C[C@H](N)c1cncc(-c2c(C)cccc2C)c1.Cc1ccc(=O)n(C(C(=O)O)c2ccccc2)c1.Cl. The van der Waals surface area contributed by atoms with Gasteiger partial charge in [0.05, 0.1) is 27.1 Å². The number of pyridine rings is 4.